The minimum Gasteiger partial charge on any atom is -0.238 e. The van der Waals surface area contributed by atoms with Crippen LogP contribution in [0.5, 0.6) is 0 Å². The molecule has 1 aromatic rings. The molecule has 0 radical (unpaired) electrons. The van der Waals surface area contributed by atoms with E-state index < -0.39 is 11.0 Å². The lowest BCUT2D eigenvalue weighted by Gasteiger charge is -2.01. The molecular formula is C9H13NOS. The second-order valence-corrected chi connectivity index (χ2v) is 3.88. The molecule has 0 spiro atoms. The van der Waals surface area contributed by atoms with Gasteiger partial charge in [-0.15, -0.1) is 0 Å². The Morgan fingerprint density at radius 3 is 2.42 bits per heavy atom. The van der Waals surface area contributed by atoms with Crippen LogP contribution < -0.4 is 4.72 Å². The maximum atomic E-state index is 11.4. The van der Waals surface area contributed by atoms with E-state index in [4.69, 9.17) is 0 Å². The predicted molar refractivity (Wildman–Crippen MR) is 51.3 cm³/mol. The van der Waals surface area contributed by atoms with Gasteiger partial charge in [-0.1, -0.05) is 24.6 Å². The quantitative estimate of drug-likeness (QED) is 0.758. The maximum Gasteiger partial charge on any atom is 0.124 e. The normalized spacial score (nSPS) is 12.8. The van der Waals surface area contributed by atoms with Crippen molar-refractivity contribution in [3.63, 3.8) is 0 Å². The van der Waals surface area contributed by atoms with E-state index >= 15 is 0 Å². The molecule has 0 saturated heterocycles. The molecular weight excluding hydrogens is 170 g/mol. The summed E-state index contributed by atoms with van der Waals surface area (Å²) in [6.07, 6.45) is 0. The van der Waals surface area contributed by atoms with Crippen molar-refractivity contribution >= 4 is 11.0 Å². The monoisotopic (exact) mass is 183 g/mol. The van der Waals surface area contributed by atoms with Crippen molar-refractivity contribution < 1.29 is 4.21 Å². The van der Waals surface area contributed by atoms with Crippen LogP contribution in [0.3, 0.4) is 0 Å². The Balaban J connectivity index is 2.75. The smallest absolute Gasteiger partial charge is 0.124 e. The van der Waals surface area contributed by atoms with Crippen LogP contribution in [-0.2, 0) is 11.0 Å². The third-order valence-electron chi connectivity index (χ3n) is 1.51. The van der Waals surface area contributed by atoms with Gasteiger partial charge < -0.3 is 0 Å². The van der Waals surface area contributed by atoms with E-state index in [9.17, 15) is 4.21 Å². The Hall–Kier alpha value is -0.670. The maximum absolute atomic E-state index is 11.4. The summed E-state index contributed by atoms with van der Waals surface area (Å²) in [5.74, 6) is 0. The van der Waals surface area contributed by atoms with Gasteiger partial charge in [-0.05, 0) is 19.1 Å². The first-order chi connectivity index (χ1) is 5.74. The zero-order chi connectivity index (χ0) is 8.97. The number of benzene rings is 1. The van der Waals surface area contributed by atoms with Gasteiger partial charge in [-0.3, -0.25) is 0 Å². The molecule has 1 rings (SSSR count). The highest BCUT2D eigenvalue weighted by atomic mass is 32.2. The van der Waals surface area contributed by atoms with Gasteiger partial charge in [-0.2, -0.15) is 0 Å². The highest BCUT2D eigenvalue weighted by molar-refractivity contribution is 7.83. The molecule has 3 heteroatoms. The fraction of sp³-hybridized carbons (Fsp3) is 0.333. The molecule has 1 aromatic carbocycles. The van der Waals surface area contributed by atoms with Gasteiger partial charge >= 0.3 is 0 Å². The molecule has 0 aliphatic rings. The topological polar surface area (TPSA) is 29.1 Å². The Morgan fingerprint density at radius 2 is 1.92 bits per heavy atom. The van der Waals surface area contributed by atoms with Crippen LogP contribution >= 0.6 is 0 Å². The van der Waals surface area contributed by atoms with Crippen LogP contribution in [0.1, 0.15) is 12.5 Å². The summed E-state index contributed by atoms with van der Waals surface area (Å²) in [4.78, 5) is 0.836. The number of hydrogen-bond acceptors (Lipinski definition) is 1. The first-order valence-corrected chi connectivity index (χ1v) is 5.11. The predicted octanol–water partition coefficient (Wildman–Crippen LogP) is 1.63. The zero-order valence-electron chi connectivity index (χ0n) is 7.33. The molecule has 0 saturated carbocycles. The lowest BCUT2D eigenvalue weighted by Crippen LogP contribution is -2.15. The summed E-state index contributed by atoms with van der Waals surface area (Å²) >= 11 is 0. The molecule has 1 N–H and O–H groups in total. The van der Waals surface area contributed by atoms with E-state index in [1.807, 2.05) is 38.1 Å². The highest BCUT2D eigenvalue weighted by Crippen LogP contribution is 2.05. The van der Waals surface area contributed by atoms with Gasteiger partial charge in [0.05, 0.1) is 4.90 Å². The summed E-state index contributed by atoms with van der Waals surface area (Å²) < 4.78 is 14.2. The second kappa shape index (κ2) is 4.38. The Kier molecular flexibility index (Phi) is 3.44. The van der Waals surface area contributed by atoms with Crippen LogP contribution in [0.4, 0.5) is 0 Å². The number of aryl methyl sites for hydroxylation is 1. The molecule has 0 bridgehead atoms. The minimum absolute atomic E-state index is 0.723. The van der Waals surface area contributed by atoms with Crippen molar-refractivity contribution in [3.05, 3.63) is 29.8 Å². The van der Waals surface area contributed by atoms with E-state index in [1.54, 1.807) is 0 Å². The molecule has 2 nitrogen and oxygen atoms in total. The van der Waals surface area contributed by atoms with Crippen LogP contribution in [0.15, 0.2) is 29.2 Å². The molecule has 12 heavy (non-hydrogen) atoms. The van der Waals surface area contributed by atoms with Gasteiger partial charge in [0.25, 0.3) is 0 Å². The molecule has 0 fully saturated rings. The second-order valence-electron chi connectivity index (χ2n) is 2.58. The van der Waals surface area contributed by atoms with Crippen molar-refractivity contribution in [2.24, 2.45) is 0 Å². The van der Waals surface area contributed by atoms with E-state index in [0.717, 1.165) is 11.4 Å². The Morgan fingerprint density at radius 1 is 1.33 bits per heavy atom. The molecule has 0 amide bonds. The Bertz CT molecular complexity index is 268. The van der Waals surface area contributed by atoms with E-state index in [2.05, 4.69) is 4.72 Å². The molecule has 1 unspecified atom stereocenters. The van der Waals surface area contributed by atoms with Gasteiger partial charge in [0.2, 0.25) is 0 Å². The standard InChI is InChI=1S/C9H13NOS/c1-3-10-12(11)9-6-4-8(2)5-7-9/h4-7,10H,3H2,1-2H3. The van der Waals surface area contributed by atoms with E-state index in [-0.39, 0.29) is 0 Å². The summed E-state index contributed by atoms with van der Waals surface area (Å²) in [7, 11) is -1.04. The van der Waals surface area contributed by atoms with Crippen molar-refractivity contribution in [2.75, 3.05) is 6.54 Å². The largest absolute Gasteiger partial charge is 0.238 e. The number of nitrogens with one attached hydrogen (secondary N) is 1. The van der Waals surface area contributed by atoms with E-state index in [0.29, 0.717) is 0 Å². The Labute approximate surface area is 75.6 Å². The number of rotatable bonds is 3. The minimum atomic E-state index is -1.04. The molecule has 0 aliphatic heterocycles. The van der Waals surface area contributed by atoms with Gasteiger partial charge in [0, 0.05) is 6.54 Å². The molecule has 0 aromatic heterocycles. The fourth-order valence-electron chi connectivity index (χ4n) is 0.876. The zero-order valence-corrected chi connectivity index (χ0v) is 8.15. The van der Waals surface area contributed by atoms with Crippen LogP contribution in [0.2, 0.25) is 0 Å². The third kappa shape index (κ3) is 2.43. The van der Waals surface area contributed by atoms with Crippen molar-refractivity contribution in [2.45, 2.75) is 18.7 Å². The van der Waals surface area contributed by atoms with Gasteiger partial charge in [-0.25, -0.2) is 8.93 Å². The van der Waals surface area contributed by atoms with Crippen molar-refractivity contribution in [3.8, 4) is 0 Å². The van der Waals surface area contributed by atoms with Crippen molar-refractivity contribution in [1.82, 2.24) is 4.72 Å². The first kappa shape index (κ1) is 9.42. The van der Waals surface area contributed by atoms with Gasteiger partial charge in [0.1, 0.15) is 11.0 Å². The number of hydrogen-bond donors (Lipinski definition) is 1. The molecule has 0 heterocycles. The lowest BCUT2D eigenvalue weighted by molar-refractivity contribution is 0.674. The average molecular weight is 183 g/mol. The summed E-state index contributed by atoms with van der Waals surface area (Å²) in [5, 5.41) is 0. The molecule has 1 atom stereocenters. The SMILES string of the molecule is CCNS(=O)c1ccc(C)cc1. The summed E-state index contributed by atoms with van der Waals surface area (Å²) in [5.41, 5.74) is 1.19. The van der Waals surface area contributed by atoms with E-state index in [1.165, 1.54) is 5.56 Å². The van der Waals surface area contributed by atoms with Crippen LogP contribution in [0.25, 0.3) is 0 Å². The first-order valence-electron chi connectivity index (χ1n) is 3.96. The summed E-state index contributed by atoms with van der Waals surface area (Å²) in [6, 6.07) is 7.69. The van der Waals surface area contributed by atoms with Crippen molar-refractivity contribution in [1.29, 1.82) is 0 Å². The van der Waals surface area contributed by atoms with Crippen LogP contribution in [-0.4, -0.2) is 10.8 Å². The summed E-state index contributed by atoms with van der Waals surface area (Å²) in [6.45, 7) is 4.67. The average Bonchev–Trinajstić information content (AvgIpc) is 2.06. The fourth-order valence-corrected chi connectivity index (χ4v) is 1.69. The van der Waals surface area contributed by atoms with Crippen LogP contribution in [0, 0.1) is 6.92 Å². The molecule has 66 valence electrons. The molecule has 0 aliphatic carbocycles. The highest BCUT2D eigenvalue weighted by Gasteiger charge is 1.99. The lowest BCUT2D eigenvalue weighted by atomic mass is 10.2. The van der Waals surface area contributed by atoms with Gasteiger partial charge in [0.15, 0.2) is 0 Å². The third-order valence-corrected chi connectivity index (χ3v) is 2.76.